The highest BCUT2D eigenvalue weighted by Crippen LogP contribution is 2.20. The van der Waals surface area contributed by atoms with Crippen LogP contribution < -0.4 is 11.0 Å². The van der Waals surface area contributed by atoms with Gasteiger partial charge in [0.25, 0.3) is 0 Å². The number of nitrogens with one attached hydrogen (secondary N) is 1. The van der Waals surface area contributed by atoms with Crippen molar-refractivity contribution >= 4 is 17.5 Å². The third-order valence-electron chi connectivity index (χ3n) is 4.12. The van der Waals surface area contributed by atoms with Crippen LogP contribution in [-0.2, 0) is 25.4 Å². The first-order chi connectivity index (χ1) is 12.8. The number of amides is 1. The van der Waals surface area contributed by atoms with Crippen molar-refractivity contribution in [3.8, 4) is 11.4 Å². The van der Waals surface area contributed by atoms with Gasteiger partial charge in [-0.25, -0.2) is 13.9 Å². The summed E-state index contributed by atoms with van der Waals surface area (Å²) >= 11 is 5.67. The average Bonchev–Trinajstić information content (AvgIpc) is 3.15. The molecule has 1 atom stereocenters. The predicted octanol–water partition coefficient (Wildman–Crippen LogP) is 1.65. The summed E-state index contributed by atoms with van der Waals surface area (Å²) in [5.74, 6) is -0.568. The first-order valence-corrected chi connectivity index (χ1v) is 8.51. The molecule has 0 radical (unpaired) electrons. The topological polar surface area (TPSA) is 86.7 Å². The number of aromatic nitrogens is 5. The molecule has 142 valence electrons. The second-order valence-electron chi connectivity index (χ2n) is 6.19. The van der Waals surface area contributed by atoms with Gasteiger partial charge in [-0.2, -0.15) is 5.10 Å². The smallest absolute Gasteiger partial charge is 0.346 e. The number of carbonyl (C=O) groups excluding carboxylic acids is 1. The fourth-order valence-electron chi connectivity index (χ4n) is 2.67. The van der Waals surface area contributed by atoms with Crippen molar-refractivity contribution in [2.75, 3.05) is 0 Å². The third kappa shape index (κ3) is 3.92. The van der Waals surface area contributed by atoms with Crippen molar-refractivity contribution in [3.05, 3.63) is 57.5 Å². The van der Waals surface area contributed by atoms with E-state index in [4.69, 9.17) is 11.6 Å². The molecule has 1 N–H and O–H groups in total. The minimum atomic E-state index is -0.558. The molecule has 0 bridgehead atoms. The van der Waals surface area contributed by atoms with E-state index in [9.17, 15) is 14.0 Å². The molecule has 10 heteroatoms. The monoisotopic (exact) mass is 392 g/mol. The Kier molecular flexibility index (Phi) is 5.13. The van der Waals surface area contributed by atoms with Crippen LogP contribution in [0.15, 0.2) is 35.4 Å². The van der Waals surface area contributed by atoms with E-state index in [1.54, 1.807) is 44.2 Å². The molecular weight excluding hydrogens is 375 g/mol. The Morgan fingerprint density at radius 2 is 2.11 bits per heavy atom. The SMILES string of the molecule is C[C@H](NC(=O)Cn1nc(-c2cnn(C)c2)n(C)c1=O)c1ccc(Cl)c(F)c1. The molecule has 3 aromatic rings. The average molecular weight is 393 g/mol. The van der Waals surface area contributed by atoms with E-state index in [1.165, 1.54) is 16.7 Å². The van der Waals surface area contributed by atoms with Crippen LogP contribution in [0.1, 0.15) is 18.5 Å². The van der Waals surface area contributed by atoms with Gasteiger partial charge in [-0.1, -0.05) is 17.7 Å². The normalized spacial score (nSPS) is 12.2. The molecule has 1 amide bonds. The van der Waals surface area contributed by atoms with E-state index in [2.05, 4.69) is 15.5 Å². The second-order valence-corrected chi connectivity index (χ2v) is 6.60. The standard InChI is InChI=1S/C17H18ClFN6O2/c1-10(11-4-5-13(18)14(19)6-11)21-15(26)9-25-17(27)24(3)16(22-25)12-7-20-23(2)8-12/h4-8,10H,9H2,1-3H3,(H,21,26)/t10-/m0/s1. The van der Waals surface area contributed by atoms with Crippen LogP contribution in [0, 0.1) is 5.82 Å². The molecule has 0 saturated carbocycles. The Morgan fingerprint density at radius 3 is 2.74 bits per heavy atom. The summed E-state index contributed by atoms with van der Waals surface area (Å²) in [7, 11) is 3.33. The molecule has 0 unspecified atom stereocenters. The minimum Gasteiger partial charge on any atom is -0.348 e. The van der Waals surface area contributed by atoms with Crippen LogP contribution in [-0.4, -0.2) is 30.0 Å². The summed E-state index contributed by atoms with van der Waals surface area (Å²) in [6, 6.07) is 3.87. The Hall–Kier alpha value is -2.94. The van der Waals surface area contributed by atoms with Crippen molar-refractivity contribution in [2.24, 2.45) is 14.1 Å². The zero-order valence-corrected chi connectivity index (χ0v) is 15.7. The molecule has 0 spiro atoms. The third-order valence-corrected chi connectivity index (χ3v) is 4.43. The van der Waals surface area contributed by atoms with Gasteiger partial charge in [0, 0.05) is 20.3 Å². The molecule has 0 aliphatic heterocycles. The van der Waals surface area contributed by atoms with Gasteiger partial charge < -0.3 is 5.32 Å². The van der Waals surface area contributed by atoms with Gasteiger partial charge in [-0.3, -0.25) is 14.0 Å². The summed E-state index contributed by atoms with van der Waals surface area (Å²) in [5, 5.41) is 11.0. The van der Waals surface area contributed by atoms with Crippen LogP contribution in [0.2, 0.25) is 5.02 Å². The number of hydrogen-bond donors (Lipinski definition) is 1. The number of nitrogens with zero attached hydrogens (tertiary/aromatic N) is 5. The highest BCUT2D eigenvalue weighted by atomic mass is 35.5. The molecule has 2 aromatic heterocycles. The van der Waals surface area contributed by atoms with Crippen molar-refractivity contribution in [1.82, 2.24) is 29.4 Å². The first-order valence-electron chi connectivity index (χ1n) is 8.13. The summed E-state index contributed by atoms with van der Waals surface area (Å²) in [4.78, 5) is 24.6. The maximum atomic E-state index is 13.6. The summed E-state index contributed by atoms with van der Waals surface area (Å²) in [6.07, 6.45) is 3.31. The molecule has 0 aliphatic carbocycles. The van der Waals surface area contributed by atoms with Gasteiger partial charge in [-0.15, -0.1) is 5.10 Å². The van der Waals surface area contributed by atoms with Gasteiger partial charge in [0.15, 0.2) is 5.82 Å². The fourth-order valence-corrected chi connectivity index (χ4v) is 2.78. The van der Waals surface area contributed by atoms with Crippen molar-refractivity contribution < 1.29 is 9.18 Å². The molecule has 0 fully saturated rings. The largest absolute Gasteiger partial charge is 0.348 e. The summed E-state index contributed by atoms with van der Waals surface area (Å²) in [6.45, 7) is 1.45. The Morgan fingerprint density at radius 1 is 1.37 bits per heavy atom. The van der Waals surface area contributed by atoms with Crippen molar-refractivity contribution in [2.45, 2.75) is 19.5 Å². The highest BCUT2D eigenvalue weighted by molar-refractivity contribution is 6.30. The number of carbonyl (C=O) groups is 1. The number of aryl methyl sites for hydroxylation is 1. The lowest BCUT2D eigenvalue weighted by Gasteiger charge is -2.14. The molecular formula is C17H18ClFN6O2. The minimum absolute atomic E-state index is 0.0141. The van der Waals surface area contributed by atoms with Crippen LogP contribution in [0.3, 0.4) is 0 Å². The zero-order valence-electron chi connectivity index (χ0n) is 15.0. The quantitative estimate of drug-likeness (QED) is 0.715. The Balaban J connectivity index is 1.74. The van der Waals surface area contributed by atoms with E-state index in [1.807, 2.05) is 0 Å². The lowest BCUT2D eigenvalue weighted by atomic mass is 10.1. The number of hydrogen-bond acceptors (Lipinski definition) is 4. The van der Waals surface area contributed by atoms with Crippen molar-refractivity contribution in [1.29, 1.82) is 0 Å². The maximum absolute atomic E-state index is 13.6. The van der Waals surface area contributed by atoms with E-state index in [0.29, 0.717) is 17.0 Å². The highest BCUT2D eigenvalue weighted by Gasteiger charge is 2.17. The lowest BCUT2D eigenvalue weighted by Crippen LogP contribution is -2.34. The molecule has 2 heterocycles. The Bertz CT molecular complexity index is 1050. The van der Waals surface area contributed by atoms with Crippen LogP contribution in [0.5, 0.6) is 0 Å². The van der Waals surface area contributed by atoms with Crippen molar-refractivity contribution in [3.63, 3.8) is 0 Å². The summed E-state index contributed by atoms with van der Waals surface area (Å²) in [5.41, 5.74) is 0.810. The van der Waals surface area contributed by atoms with Gasteiger partial charge in [0.05, 0.1) is 22.8 Å². The van der Waals surface area contributed by atoms with Crippen LogP contribution >= 0.6 is 11.6 Å². The number of halogens is 2. The second kappa shape index (κ2) is 7.36. The Labute approximate surface area is 159 Å². The van der Waals surface area contributed by atoms with E-state index >= 15 is 0 Å². The number of rotatable bonds is 5. The van der Waals surface area contributed by atoms with Gasteiger partial charge in [0.1, 0.15) is 12.4 Å². The van der Waals surface area contributed by atoms with Gasteiger partial charge in [-0.05, 0) is 24.6 Å². The van der Waals surface area contributed by atoms with Gasteiger partial charge in [0.2, 0.25) is 5.91 Å². The number of benzene rings is 1. The lowest BCUT2D eigenvalue weighted by molar-refractivity contribution is -0.122. The fraction of sp³-hybridized carbons (Fsp3) is 0.294. The van der Waals surface area contributed by atoms with Gasteiger partial charge >= 0.3 is 5.69 Å². The molecule has 27 heavy (non-hydrogen) atoms. The molecule has 0 saturated heterocycles. The van der Waals surface area contributed by atoms with E-state index in [-0.39, 0.29) is 11.6 Å². The molecule has 1 aromatic carbocycles. The molecule has 8 nitrogen and oxygen atoms in total. The van der Waals surface area contributed by atoms with Crippen LogP contribution in [0.25, 0.3) is 11.4 Å². The predicted molar refractivity (Wildman–Crippen MR) is 97.6 cm³/mol. The zero-order chi connectivity index (χ0) is 19.7. The first kappa shape index (κ1) is 18.8. The van der Waals surface area contributed by atoms with Crippen LogP contribution in [0.4, 0.5) is 4.39 Å². The van der Waals surface area contributed by atoms with E-state index in [0.717, 1.165) is 4.68 Å². The maximum Gasteiger partial charge on any atom is 0.346 e. The summed E-state index contributed by atoms with van der Waals surface area (Å²) < 4.78 is 17.6. The molecule has 3 rings (SSSR count). The van der Waals surface area contributed by atoms with E-state index < -0.39 is 23.5 Å². The molecule has 0 aliphatic rings.